The number of esters is 3. The second kappa shape index (κ2) is 17.0. The van der Waals surface area contributed by atoms with E-state index in [0.29, 0.717) is 70.0 Å². The summed E-state index contributed by atoms with van der Waals surface area (Å²) in [6, 6.07) is 3.86. The number of amides is 1. The molecular formula is C48H55N5O13S. The van der Waals surface area contributed by atoms with E-state index < -0.39 is 70.6 Å². The van der Waals surface area contributed by atoms with Gasteiger partial charge in [-0.25, -0.2) is 14.4 Å². The van der Waals surface area contributed by atoms with Crippen LogP contribution in [0.2, 0.25) is 0 Å². The summed E-state index contributed by atoms with van der Waals surface area (Å²) in [5.41, 5.74) is 3.06. The maximum absolute atomic E-state index is 15.1. The molecule has 7 aliphatic heterocycles. The van der Waals surface area contributed by atoms with Gasteiger partial charge in [-0.2, -0.15) is 5.26 Å². The Bertz CT molecular complexity index is 2650. The van der Waals surface area contributed by atoms with Crippen molar-refractivity contribution in [2.24, 2.45) is 0 Å². The fourth-order valence-electron chi connectivity index (χ4n) is 11.0. The first kappa shape index (κ1) is 46.2. The maximum Gasteiger partial charge on any atom is 0.408 e. The van der Waals surface area contributed by atoms with Crippen LogP contribution in [0.3, 0.4) is 0 Å². The molecule has 67 heavy (non-hydrogen) atoms. The summed E-state index contributed by atoms with van der Waals surface area (Å²) in [7, 11) is 4.91. The number of hydrogen-bond donors (Lipinski definition) is 3. The van der Waals surface area contributed by atoms with E-state index in [4.69, 9.17) is 37.9 Å². The van der Waals surface area contributed by atoms with E-state index in [9.17, 15) is 24.8 Å². The number of phenols is 1. The summed E-state index contributed by atoms with van der Waals surface area (Å²) < 4.78 is 47.8. The first-order chi connectivity index (χ1) is 31.8. The first-order valence-corrected chi connectivity index (χ1v) is 23.3. The molecular weight excluding hydrogens is 887 g/mol. The van der Waals surface area contributed by atoms with E-state index in [1.54, 1.807) is 32.9 Å². The van der Waals surface area contributed by atoms with Crippen LogP contribution in [0.5, 0.6) is 40.2 Å². The Kier molecular flexibility index (Phi) is 11.7. The van der Waals surface area contributed by atoms with Gasteiger partial charge in [-0.1, -0.05) is 6.07 Å². The van der Waals surface area contributed by atoms with E-state index in [0.717, 1.165) is 11.1 Å². The molecule has 7 aliphatic rings. The van der Waals surface area contributed by atoms with Gasteiger partial charge in [0.25, 0.3) is 0 Å². The van der Waals surface area contributed by atoms with Crippen LogP contribution in [0.15, 0.2) is 18.2 Å². The van der Waals surface area contributed by atoms with Gasteiger partial charge in [0.2, 0.25) is 6.79 Å². The molecule has 3 aromatic rings. The van der Waals surface area contributed by atoms with Crippen LogP contribution in [0.1, 0.15) is 96.5 Å². The standard InChI is InChI=1S/C48H55N5O13S/c1-21-13-26-14-28-29(17-49)53-30-18-61-45(57)48(27-16-31(59-9)32(15-25(27)11-12-50-48)65-44(56)23(3)51-46(58)66-47(5,6)7)19-67-43(37(53)36(52(28)8)33(26)38(55)39(21)60-10)35-34(30)42-41(62-20-63-42)22(2)40(35)64-24(4)54/h13,15-16,23,28-30,36-37,43,50,55H,11-12,14,18-20H2,1-10H3,(H,51,58)/t23-,28-,29-,30+,36+,37?,43+,48+/m0/s1. The van der Waals surface area contributed by atoms with Crippen molar-refractivity contribution < 1.29 is 62.2 Å². The zero-order valence-corrected chi connectivity index (χ0v) is 39.9. The molecule has 10 rings (SSSR count). The highest BCUT2D eigenvalue weighted by atomic mass is 32.2. The Morgan fingerprint density at radius 2 is 1.76 bits per heavy atom. The van der Waals surface area contributed by atoms with Gasteiger partial charge in [-0.15, -0.1) is 11.8 Å². The van der Waals surface area contributed by atoms with E-state index in [1.807, 2.05) is 27.0 Å². The number of piperazine rings is 1. The van der Waals surface area contributed by atoms with Gasteiger partial charge in [0.15, 0.2) is 40.0 Å². The van der Waals surface area contributed by atoms with Gasteiger partial charge in [0.1, 0.15) is 30.0 Å². The largest absolute Gasteiger partial charge is 0.504 e. The third-order valence-corrected chi connectivity index (χ3v) is 15.2. The lowest BCUT2D eigenvalue weighted by Gasteiger charge is -2.62. The number of ether oxygens (including phenoxy) is 8. The number of phenolic OH excluding ortho intramolecular Hbond substituents is 1. The van der Waals surface area contributed by atoms with Gasteiger partial charge in [0, 0.05) is 53.6 Å². The summed E-state index contributed by atoms with van der Waals surface area (Å²) >= 11 is 1.43. The molecule has 4 bridgehead atoms. The Labute approximate surface area is 392 Å². The number of alkyl carbamates (subject to hydrolysis) is 1. The molecule has 0 aromatic heterocycles. The number of carbonyl (C=O) groups excluding carboxylic acids is 4. The van der Waals surface area contributed by atoms with Gasteiger partial charge in [-0.3, -0.25) is 19.9 Å². The van der Waals surface area contributed by atoms with Crippen LogP contribution in [-0.2, 0) is 42.2 Å². The number of methoxy groups -OCH3 is 2. The molecule has 8 atom stereocenters. The number of likely N-dealkylation sites (N-methyl/N-ethyl adjacent to an activating group) is 1. The van der Waals surface area contributed by atoms with Crippen molar-refractivity contribution in [1.29, 1.82) is 5.26 Å². The van der Waals surface area contributed by atoms with E-state index in [-0.39, 0.29) is 48.2 Å². The minimum atomic E-state index is -1.50. The molecule has 3 aromatic carbocycles. The molecule has 1 spiro atoms. The smallest absolute Gasteiger partial charge is 0.408 e. The summed E-state index contributed by atoms with van der Waals surface area (Å²) in [4.78, 5) is 58.4. The number of thioether (sulfide) groups is 1. The molecule has 1 amide bonds. The van der Waals surface area contributed by atoms with Gasteiger partial charge in [0.05, 0.1) is 37.6 Å². The Balaban J connectivity index is 1.20. The zero-order chi connectivity index (χ0) is 48.0. The molecule has 18 nitrogen and oxygen atoms in total. The van der Waals surface area contributed by atoms with E-state index >= 15 is 4.79 Å². The zero-order valence-electron chi connectivity index (χ0n) is 39.1. The van der Waals surface area contributed by atoms with E-state index in [2.05, 4.69) is 26.5 Å². The van der Waals surface area contributed by atoms with Crippen LogP contribution in [0.4, 0.5) is 4.79 Å². The lowest BCUT2D eigenvalue weighted by molar-refractivity contribution is -0.157. The average Bonchev–Trinajstić information content (AvgIpc) is 3.76. The highest BCUT2D eigenvalue weighted by molar-refractivity contribution is 7.99. The normalized spacial score (nSPS) is 26.4. The SMILES string of the molecule is COc1cc2c(cc1OC(=O)[C@H](C)NC(=O)OC(C)(C)C)CCN[C@]21CS[C@@H]2c3c(OC(C)=O)c(C)c4c(c3[C@@H](COC1=O)N1C2[C@H]2c3c(cc(C)c(OC)c3O)C[C@@H]([C@@H]1C#N)N2C)OCO4. The second-order valence-electron chi connectivity index (χ2n) is 18.9. The van der Waals surface area contributed by atoms with Crippen molar-refractivity contribution in [3.05, 3.63) is 62.7 Å². The van der Waals surface area contributed by atoms with Crippen LogP contribution in [-0.4, -0.2) is 116 Å². The molecule has 3 N–H and O–H groups in total. The van der Waals surface area contributed by atoms with Crippen LogP contribution in [0.25, 0.3) is 0 Å². The molecule has 356 valence electrons. The number of carbonyl (C=O) groups is 4. The Hall–Kier alpha value is -5.94. The number of aryl methyl sites for hydroxylation is 1. The predicted octanol–water partition coefficient (Wildman–Crippen LogP) is 5.10. The third kappa shape index (κ3) is 7.43. The van der Waals surface area contributed by atoms with Crippen molar-refractivity contribution in [2.45, 2.75) is 114 Å². The third-order valence-electron chi connectivity index (χ3n) is 13.7. The van der Waals surface area contributed by atoms with Crippen molar-refractivity contribution in [1.82, 2.24) is 20.4 Å². The van der Waals surface area contributed by atoms with Crippen molar-refractivity contribution in [3.8, 4) is 46.3 Å². The Morgan fingerprint density at radius 3 is 2.45 bits per heavy atom. The van der Waals surface area contributed by atoms with Crippen LogP contribution >= 0.6 is 11.8 Å². The highest BCUT2D eigenvalue weighted by Gasteiger charge is 2.62. The minimum absolute atomic E-state index is 0.00723. The van der Waals surface area contributed by atoms with Crippen molar-refractivity contribution in [3.63, 3.8) is 0 Å². The maximum atomic E-state index is 15.1. The number of nitrogens with one attached hydrogen (secondary N) is 2. The lowest BCUT2D eigenvalue weighted by atomic mass is 9.71. The summed E-state index contributed by atoms with van der Waals surface area (Å²) in [6.07, 6.45) is 0.109. The number of hydrogen-bond acceptors (Lipinski definition) is 18. The van der Waals surface area contributed by atoms with Crippen LogP contribution < -0.4 is 39.1 Å². The highest BCUT2D eigenvalue weighted by Crippen LogP contribution is 2.64. The van der Waals surface area contributed by atoms with Crippen molar-refractivity contribution >= 4 is 35.8 Å². The molecule has 2 saturated heterocycles. The molecule has 19 heteroatoms. The molecule has 2 fully saturated rings. The second-order valence-corrected chi connectivity index (χ2v) is 20.0. The minimum Gasteiger partial charge on any atom is -0.504 e. The molecule has 1 unspecified atom stereocenters. The molecule has 7 heterocycles. The molecule has 0 saturated carbocycles. The number of fused-ring (bicyclic) bond motifs is 9. The fraction of sp³-hybridized carbons (Fsp3) is 0.521. The fourth-order valence-corrected chi connectivity index (χ4v) is 12.7. The number of nitrogens with zero attached hydrogens (tertiary/aromatic N) is 3. The molecule has 0 aliphatic carbocycles. The topological polar surface area (TPSA) is 217 Å². The van der Waals surface area contributed by atoms with Gasteiger partial charge >= 0.3 is 24.0 Å². The van der Waals surface area contributed by atoms with E-state index in [1.165, 1.54) is 39.8 Å². The van der Waals surface area contributed by atoms with Gasteiger partial charge < -0.3 is 48.3 Å². The summed E-state index contributed by atoms with van der Waals surface area (Å²) in [5, 5.41) is 28.8. The first-order valence-electron chi connectivity index (χ1n) is 22.2. The quantitative estimate of drug-likeness (QED) is 0.216. The average molecular weight is 942 g/mol. The molecule has 0 radical (unpaired) electrons. The summed E-state index contributed by atoms with van der Waals surface area (Å²) in [5.74, 6) is -0.139. The number of rotatable bonds is 6. The monoisotopic (exact) mass is 941 g/mol. The Morgan fingerprint density at radius 1 is 1.01 bits per heavy atom. The lowest BCUT2D eigenvalue weighted by Crippen LogP contribution is -2.69. The van der Waals surface area contributed by atoms with Gasteiger partial charge in [-0.05, 0) is 95.8 Å². The number of nitriles is 1. The predicted molar refractivity (Wildman–Crippen MR) is 241 cm³/mol. The number of benzene rings is 3. The summed E-state index contributed by atoms with van der Waals surface area (Å²) in [6.45, 7) is 11.6. The number of aromatic hydroxyl groups is 1. The van der Waals surface area contributed by atoms with Crippen LogP contribution in [0, 0.1) is 25.2 Å². The van der Waals surface area contributed by atoms with Crippen molar-refractivity contribution in [2.75, 3.05) is 47.0 Å².